The highest BCUT2D eigenvalue weighted by Crippen LogP contribution is 2.31. The average molecular weight is 439 g/mol. The molecule has 0 spiro atoms. The van der Waals surface area contributed by atoms with Crippen LogP contribution in [0.1, 0.15) is 15.9 Å². The van der Waals surface area contributed by atoms with Crippen LogP contribution in [0.15, 0.2) is 46.8 Å². The van der Waals surface area contributed by atoms with Crippen molar-refractivity contribution in [2.45, 2.75) is 11.3 Å². The molecule has 0 atom stereocenters. The fourth-order valence-corrected chi connectivity index (χ4v) is 4.40. The summed E-state index contributed by atoms with van der Waals surface area (Å²) in [6.45, 7) is 1.86. The lowest BCUT2D eigenvalue weighted by molar-refractivity contribution is 0.102. The van der Waals surface area contributed by atoms with Gasteiger partial charge in [-0.1, -0.05) is 40.6 Å². The Bertz CT molecular complexity index is 1130. The number of aromatic nitrogens is 2. The van der Waals surface area contributed by atoms with E-state index in [-0.39, 0.29) is 15.2 Å². The molecule has 1 amide bonds. The van der Waals surface area contributed by atoms with Gasteiger partial charge in [-0.3, -0.25) is 14.8 Å². The molecule has 1 heterocycles. The van der Waals surface area contributed by atoms with Crippen molar-refractivity contribution in [3.8, 4) is 5.75 Å². The van der Waals surface area contributed by atoms with Gasteiger partial charge in [-0.15, -0.1) is 10.2 Å². The predicted octanol–water partition coefficient (Wildman–Crippen LogP) is 3.56. The molecule has 0 unspecified atom stereocenters. The number of hydrogen-bond acceptors (Lipinski definition) is 7. The van der Waals surface area contributed by atoms with Gasteiger partial charge in [-0.2, -0.15) is 8.42 Å². The Kier molecular flexibility index (Phi) is 5.82. The Morgan fingerprint density at radius 2 is 1.96 bits per heavy atom. The largest absolute Gasteiger partial charge is 0.495 e. The summed E-state index contributed by atoms with van der Waals surface area (Å²) >= 11 is 6.64. The zero-order chi connectivity index (χ0) is 20.3. The minimum absolute atomic E-state index is 0.0601. The second kappa shape index (κ2) is 8.13. The monoisotopic (exact) mass is 438 g/mol. The molecule has 0 fully saturated rings. The summed E-state index contributed by atoms with van der Waals surface area (Å²) in [6, 6.07) is 11.5. The minimum Gasteiger partial charge on any atom is -0.495 e. The van der Waals surface area contributed by atoms with Crippen molar-refractivity contribution in [2.24, 2.45) is 0 Å². The smallest absolute Gasteiger partial charge is 0.291 e. The first-order chi connectivity index (χ1) is 13.3. The van der Waals surface area contributed by atoms with E-state index in [1.807, 2.05) is 13.0 Å². The summed E-state index contributed by atoms with van der Waals surface area (Å²) in [5.74, 6) is -0.112. The number of anilines is 2. The molecule has 2 N–H and O–H groups in total. The van der Waals surface area contributed by atoms with E-state index >= 15 is 0 Å². The number of carbonyl (C=O) groups is 1. The first-order valence-corrected chi connectivity index (χ1v) is 10.5. The zero-order valence-corrected chi connectivity index (χ0v) is 17.2. The van der Waals surface area contributed by atoms with Gasteiger partial charge in [-0.05, 0) is 37.3 Å². The maximum absolute atomic E-state index is 12.6. The van der Waals surface area contributed by atoms with Gasteiger partial charge in [0, 0.05) is 10.6 Å². The van der Waals surface area contributed by atoms with Gasteiger partial charge in [0.05, 0.1) is 12.8 Å². The summed E-state index contributed by atoms with van der Waals surface area (Å²) in [4.78, 5) is 12.3. The second-order valence-electron chi connectivity index (χ2n) is 5.65. The van der Waals surface area contributed by atoms with E-state index in [2.05, 4.69) is 20.2 Å². The van der Waals surface area contributed by atoms with Gasteiger partial charge >= 0.3 is 0 Å². The third-order valence-electron chi connectivity index (χ3n) is 3.54. The quantitative estimate of drug-likeness (QED) is 0.569. The number of amides is 1. The van der Waals surface area contributed by atoms with E-state index in [1.165, 1.54) is 19.2 Å². The minimum atomic E-state index is -4.04. The Hall–Kier alpha value is -2.69. The van der Waals surface area contributed by atoms with Gasteiger partial charge in [0.2, 0.25) is 5.13 Å². The number of halogens is 1. The molecule has 0 aliphatic rings. The van der Waals surface area contributed by atoms with Crippen LogP contribution in [0.3, 0.4) is 0 Å². The van der Waals surface area contributed by atoms with E-state index in [0.717, 1.165) is 16.9 Å². The molecule has 3 aromatic rings. The molecule has 28 heavy (non-hydrogen) atoms. The van der Waals surface area contributed by atoms with Crippen molar-refractivity contribution in [3.63, 3.8) is 0 Å². The molecule has 1 aromatic heterocycles. The maximum atomic E-state index is 12.6. The molecule has 8 nitrogen and oxygen atoms in total. The Morgan fingerprint density at radius 3 is 2.68 bits per heavy atom. The highest BCUT2D eigenvalue weighted by atomic mass is 35.5. The standard InChI is InChI=1S/C17H15ClN4O4S2/c1-10-4-3-5-11(8-10)15(23)19-16-20-21-17(27-16)28(24,25)22-13-9-12(18)6-7-14(13)26-2/h3-9,22H,1-2H3,(H,19,20,23). The molecular formula is C17H15ClN4O4S2. The van der Waals surface area contributed by atoms with Crippen LogP contribution < -0.4 is 14.8 Å². The molecule has 0 aliphatic heterocycles. The van der Waals surface area contributed by atoms with Crippen molar-refractivity contribution in [2.75, 3.05) is 17.1 Å². The molecule has 146 valence electrons. The van der Waals surface area contributed by atoms with E-state index < -0.39 is 15.9 Å². The van der Waals surface area contributed by atoms with E-state index in [0.29, 0.717) is 16.3 Å². The lowest BCUT2D eigenvalue weighted by Gasteiger charge is -2.10. The molecule has 0 aliphatic carbocycles. The van der Waals surface area contributed by atoms with Crippen molar-refractivity contribution >= 4 is 49.7 Å². The van der Waals surface area contributed by atoms with Crippen molar-refractivity contribution < 1.29 is 17.9 Å². The van der Waals surface area contributed by atoms with Crippen LogP contribution in [-0.2, 0) is 10.0 Å². The lowest BCUT2D eigenvalue weighted by Crippen LogP contribution is -2.13. The number of nitrogens with one attached hydrogen (secondary N) is 2. The second-order valence-corrected chi connectivity index (χ2v) is 8.92. The highest BCUT2D eigenvalue weighted by molar-refractivity contribution is 7.94. The number of rotatable bonds is 6. The summed E-state index contributed by atoms with van der Waals surface area (Å²) in [5, 5.41) is 10.3. The first-order valence-electron chi connectivity index (χ1n) is 7.86. The van der Waals surface area contributed by atoms with E-state index in [1.54, 1.807) is 24.3 Å². The van der Waals surface area contributed by atoms with Crippen LogP contribution in [0.2, 0.25) is 5.02 Å². The van der Waals surface area contributed by atoms with Crippen LogP contribution >= 0.6 is 22.9 Å². The van der Waals surface area contributed by atoms with Gasteiger partial charge in [-0.25, -0.2) is 0 Å². The zero-order valence-electron chi connectivity index (χ0n) is 14.8. The Balaban J connectivity index is 1.79. The number of sulfonamides is 1. The first kappa shape index (κ1) is 20.1. The van der Waals surface area contributed by atoms with Gasteiger partial charge < -0.3 is 4.74 Å². The number of methoxy groups -OCH3 is 1. The topological polar surface area (TPSA) is 110 Å². The number of carbonyl (C=O) groups excluding carboxylic acids is 1. The molecule has 0 saturated carbocycles. The normalized spacial score (nSPS) is 11.1. The number of ether oxygens (including phenoxy) is 1. The third kappa shape index (κ3) is 4.58. The molecule has 3 rings (SSSR count). The van der Waals surface area contributed by atoms with Gasteiger partial charge in [0.1, 0.15) is 5.75 Å². The van der Waals surface area contributed by atoms with Gasteiger partial charge in [0.25, 0.3) is 20.3 Å². The van der Waals surface area contributed by atoms with Crippen LogP contribution in [0.5, 0.6) is 5.75 Å². The molecule has 2 aromatic carbocycles. The molecule has 0 bridgehead atoms. The number of nitrogens with zero attached hydrogens (tertiary/aromatic N) is 2. The lowest BCUT2D eigenvalue weighted by atomic mass is 10.1. The Morgan fingerprint density at radius 1 is 1.18 bits per heavy atom. The maximum Gasteiger partial charge on any atom is 0.291 e. The average Bonchev–Trinajstić information content (AvgIpc) is 3.11. The third-order valence-corrected chi connectivity index (χ3v) is 6.35. The van der Waals surface area contributed by atoms with E-state index in [9.17, 15) is 13.2 Å². The number of hydrogen-bond donors (Lipinski definition) is 2. The van der Waals surface area contributed by atoms with Crippen LogP contribution in [0, 0.1) is 6.92 Å². The van der Waals surface area contributed by atoms with Crippen LogP contribution in [0.4, 0.5) is 10.8 Å². The molecule has 11 heteroatoms. The van der Waals surface area contributed by atoms with Gasteiger partial charge in [0.15, 0.2) is 0 Å². The van der Waals surface area contributed by atoms with Crippen LogP contribution in [0.25, 0.3) is 0 Å². The molecule has 0 saturated heterocycles. The van der Waals surface area contributed by atoms with Crippen LogP contribution in [-0.4, -0.2) is 31.6 Å². The summed E-state index contributed by atoms with van der Waals surface area (Å²) in [5.41, 5.74) is 1.52. The summed E-state index contributed by atoms with van der Waals surface area (Å²) in [7, 11) is -2.64. The number of aryl methyl sites for hydroxylation is 1. The summed E-state index contributed by atoms with van der Waals surface area (Å²) < 4.78 is 32.3. The van der Waals surface area contributed by atoms with Crippen molar-refractivity contribution in [1.29, 1.82) is 0 Å². The fourth-order valence-electron chi connectivity index (χ4n) is 2.27. The Labute approximate surface area is 170 Å². The molecular weight excluding hydrogens is 424 g/mol. The molecule has 0 radical (unpaired) electrons. The predicted molar refractivity (Wildman–Crippen MR) is 108 cm³/mol. The highest BCUT2D eigenvalue weighted by Gasteiger charge is 2.23. The van der Waals surface area contributed by atoms with Crippen molar-refractivity contribution in [3.05, 3.63) is 58.6 Å². The SMILES string of the molecule is COc1ccc(Cl)cc1NS(=O)(=O)c1nnc(NC(=O)c2cccc(C)c2)s1. The fraction of sp³-hybridized carbons (Fsp3) is 0.118. The van der Waals surface area contributed by atoms with E-state index in [4.69, 9.17) is 16.3 Å². The van der Waals surface area contributed by atoms with Crippen molar-refractivity contribution in [1.82, 2.24) is 10.2 Å². The summed E-state index contributed by atoms with van der Waals surface area (Å²) in [6.07, 6.45) is 0. The number of benzene rings is 2.